The molecule has 4 aromatic rings. The number of ether oxygens (including phenoxy) is 1. The van der Waals surface area contributed by atoms with Crippen molar-refractivity contribution < 1.29 is 14.6 Å². The number of aliphatic hydroxyl groups excluding tert-OH is 1. The summed E-state index contributed by atoms with van der Waals surface area (Å²) in [4.78, 5) is 17.6. The van der Waals surface area contributed by atoms with Crippen LogP contribution in [0.15, 0.2) is 54.6 Å². The Hall–Kier alpha value is -2.89. The number of pyridine rings is 1. The number of para-hydroxylation sites is 1. The topological polar surface area (TPSA) is 64.4 Å². The number of benzene rings is 2. The first kappa shape index (κ1) is 19.4. The van der Waals surface area contributed by atoms with Crippen LogP contribution < -0.4 is 0 Å². The Morgan fingerprint density at radius 3 is 2.59 bits per heavy atom. The molecule has 2 aromatic carbocycles. The molecule has 5 nitrogen and oxygen atoms in total. The number of hydrogen-bond acceptors (Lipinski definition) is 4. The van der Waals surface area contributed by atoms with Crippen molar-refractivity contribution >= 4 is 39.5 Å². The standard InChI is InChI=1S/C23H21ClN2O3/c1-23(2,3)29-22(28)26-19-9-8-14(13-27)10-16(19)12-20(26)17-11-15-6-4-5-7-18(15)25-21(17)24/h4-12,27H,13H2,1-3H3. The van der Waals surface area contributed by atoms with Crippen molar-refractivity contribution in [1.82, 2.24) is 9.55 Å². The van der Waals surface area contributed by atoms with Gasteiger partial charge in [0.1, 0.15) is 10.8 Å². The SMILES string of the molecule is CC(C)(C)OC(=O)n1c(-c2cc3ccccc3nc2Cl)cc2cc(CO)ccc21. The number of aliphatic hydroxyl groups is 1. The average molecular weight is 409 g/mol. The first-order chi connectivity index (χ1) is 13.8. The summed E-state index contributed by atoms with van der Waals surface area (Å²) in [5.74, 6) is 0. The molecule has 4 rings (SSSR count). The Morgan fingerprint density at radius 2 is 1.86 bits per heavy atom. The molecule has 0 fully saturated rings. The predicted molar refractivity (Wildman–Crippen MR) is 115 cm³/mol. The zero-order chi connectivity index (χ0) is 20.8. The van der Waals surface area contributed by atoms with E-state index in [2.05, 4.69) is 4.98 Å². The molecule has 0 aliphatic carbocycles. The highest BCUT2D eigenvalue weighted by Crippen LogP contribution is 2.35. The number of fused-ring (bicyclic) bond motifs is 2. The second-order valence-corrected chi connectivity index (χ2v) is 8.27. The third kappa shape index (κ3) is 3.71. The molecule has 0 saturated heterocycles. The predicted octanol–water partition coefficient (Wildman–Crippen LogP) is 5.79. The molecule has 0 aliphatic heterocycles. The highest BCUT2D eigenvalue weighted by Gasteiger charge is 2.24. The van der Waals surface area contributed by atoms with E-state index >= 15 is 0 Å². The number of hydrogen-bond donors (Lipinski definition) is 1. The molecular formula is C23H21ClN2O3. The van der Waals surface area contributed by atoms with Gasteiger partial charge in [-0.2, -0.15) is 0 Å². The van der Waals surface area contributed by atoms with Crippen molar-refractivity contribution in [3.05, 3.63) is 65.3 Å². The van der Waals surface area contributed by atoms with E-state index in [1.165, 1.54) is 4.57 Å². The number of aromatic nitrogens is 2. The fourth-order valence-corrected chi connectivity index (χ4v) is 3.58. The van der Waals surface area contributed by atoms with Gasteiger partial charge in [-0.15, -0.1) is 0 Å². The first-order valence-corrected chi connectivity index (χ1v) is 9.69. The number of carbonyl (C=O) groups excluding carboxylic acids is 1. The van der Waals surface area contributed by atoms with Crippen LogP contribution in [0.5, 0.6) is 0 Å². The van der Waals surface area contributed by atoms with Gasteiger partial charge < -0.3 is 9.84 Å². The third-order valence-electron chi connectivity index (χ3n) is 4.58. The summed E-state index contributed by atoms with van der Waals surface area (Å²) in [6.45, 7) is 5.39. The molecule has 6 heteroatoms. The van der Waals surface area contributed by atoms with Crippen molar-refractivity contribution in [3.8, 4) is 11.3 Å². The molecule has 1 N–H and O–H groups in total. The summed E-state index contributed by atoms with van der Waals surface area (Å²) in [5, 5.41) is 11.5. The summed E-state index contributed by atoms with van der Waals surface area (Å²) >= 11 is 6.52. The van der Waals surface area contributed by atoms with Crippen molar-refractivity contribution in [2.24, 2.45) is 0 Å². The summed E-state index contributed by atoms with van der Waals surface area (Å²) in [7, 11) is 0. The van der Waals surface area contributed by atoms with Crippen molar-refractivity contribution in [2.75, 3.05) is 0 Å². The molecule has 148 valence electrons. The van der Waals surface area contributed by atoms with Gasteiger partial charge in [-0.3, -0.25) is 0 Å². The van der Waals surface area contributed by atoms with Crippen LogP contribution in [0, 0.1) is 0 Å². The minimum Gasteiger partial charge on any atom is -0.443 e. The van der Waals surface area contributed by atoms with Gasteiger partial charge in [0.05, 0.1) is 23.3 Å². The number of carbonyl (C=O) groups is 1. The molecule has 0 aliphatic rings. The van der Waals surface area contributed by atoms with Crippen LogP contribution in [-0.2, 0) is 11.3 Å². The molecule has 0 radical (unpaired) electrons. The van der Waals surface area contributed by atoms with Gasteiger partial charge >= 0.3 is 6.09 Å². The summed E-state index contributed by atoms with van der Waals surface area (Å²) < 4.78 is 7.16. The molecule has 0 unspecified atom stereocenters. The zero-order valence-corrected chi connectivity index (χ0v) is 17.2. The lowest BCUT2D eigenvalue weighted by atomic mass is 10.1. The minimum atomic E-state index is -0.651. The normalized spacial score (nSPS) is 11.9. The van der Waals surface area contributed by atoms with E-state index in [0.717, 1.165) is 21.9 Å². The largest absolute Gasteiger partial charge is 0.443 e. The fraction of sp³-hybridized carbons (Fsp3) is 0.217. The lowest BCUT2D eigenvalue weighted by Gasteiger charge is -2.21. The minimum absolute atomic E-state index is 0.0822. The summed E-state index contributed by atoms with van der Waals surface area (Å²) in [5.41, 5.74) is 2.79. The maximum atomic E-state index is 13.1. The van der Waals surface area contributed by atoms with Gasteiger partial charge in [-0.25, -0.2) is 14.3 Å². The fourth-order valence-electron chi connectivity index (χ4n) is 3.34. The van der Waals surface area contributed by atoms with Crippen molar-refractivity contribution in [1.29, 1.82) is 0 Å². The Labute approximate surface area is 173 Å². The summed E-state index contributed by atoms with van der Waals surface area (Å²) in [6.07, 6.45) is -0.497. The van der Waals surface area contributed by atoms with Gasteiger partial charge in [0.25, 0.3) is 0 Å². The van der Waals surface area contributed by atoms with Gasteiger partial charge in [-0.05, 0) is 56.7 Å². The third-order valence-corrected chi connectivity index (χ3v) is 4.87. The monoisotopic (exact) mass is 408 g/mol. The Morgan fingerprint density at radius 1 is 1.10 bits per heavy atom. The van der Waals surface area contributed by atoms with E-state index in [4.69, 9.17) is 16.3 Å². The van der Waals surface area contributed by atoms with E-state index in [-0.39, 0.29) is 6.61 Å². The van der Waals surface area contributed by atoms with Crippen LogP contribution in [0.3, 0.4) is 0 Å². The van der Waals surface area contributed by atoms with Crippen LogP contribution in [0.25, 0.3) is 33.1 Å². The Kier molecular flexibility index (Phi) is 4.81. The first-order valence-electron chi connectivity index (χ1n) is 9.31. The number of nitrogens with zero attached hydrogens (tertiary/aromatic N) is 2. The second kappa shape index (κ2) is 7.17. The van der Waals surface area contributed by atoms with Crippen LogP contribution in [0.1, 0.15) is 26.3 Å². The lowest BCUT2D eigenvalue weighted by molar-refractivity contribution is 0.0547. The molecule has 2 aromatic heterocycles. The molecule has 0 bridgehead atoms. The quantitative estimate of drug-likeness (QED) is 0.426. The van der Waals surface area contributed by atoms with Crippen molar-refractivity contribution in [2.45, 2.75) is 33.0 Å². The zero-order valence-electron chi connectivity index (χ0n) is 16.4. The van der Waals surface area contributed by atoms with Crippen LogP contribution in [0.4, 0.5) is 4.79 Å². The smallest absolute Gasteiger partial charge is 0.419 e. The Balaban J connectivity index is 1.99. The molecule has 0 amide bonds. The van der Waals surface area contributed by atoms with Gasteiger partial charge in [-0.1, -0.05) is 35.9 Å². The van der Waals surface area contributed by atoms with Gasteiger partial charge in [0, 0.05) is 16.3 Å². The van der Waals surface area contributed by atoms with E-state index in [9.17, 15) is 9.90 Å². The van der Waals surface area contributed by atoms with E-state index in [1.807, 2.05) is 63.2 Å². The molecule has 0 atom stereocenters. The van der Waals surface area contributed by atoms with E-state index in [1.54, 1.807) is 12.1 Å². The van der Waals surface area contributed by atoms with Gasteiger partial charge in [0.2, 0.25) is 0 Å². The second-order valence-electron chi connectivity index (χ2n) is 7.92. The van der Waals surface area contributed by atoms with E-state index < -0.39 is 11.7 Å². The highest BCUT2D eigenvalue weighted by atomic mass is 35.5. The lowest BCUT2D eigenvalue weighted by Crippen LogP contribution is -2.27. The molecule has 0 spiro atoms. The molecule has 29 heavy (non-hydrogen) atoms. The molecule has 2 heterocycles. The average Bonchev–Trinajstić information content (AvgIpc) is 3.04. The van der Waals surface area contributed by atoms with Crippen LogP contribution in [0.2, 0.25) is 5.15 Å². The molecule has 0 saturated carbocycles. The Bertz CT molecular complexity index is 1240. The van der Waals surface area contributed by atoms with Crippen molar-refractivity contribution in [3.63, 3.8) is 0 Å². The number of halogens is 1. The van der Waals surface area contributed by atoms with Gasteiger partial charge in [0.15, 0.2) is 0 Å². The van der Waals surface area contributed by atoms with E-state index in [0.29, 0.717) is 21.9 Å². The highest BCUT2D eigenvalue weighted by molar-refractivity contribution is 6.32. The maximum Gasteiger partial charge on any atom is 0.419 e. The number of rotatable bonds is 2. The van der Waals surface area contributed by atoms with Crippen LogP contribution in [-0.4, -0.2) is 26.4 Å². The molecular weight excluding hydrogens is 388 g/mol. The summed E-state index contributed by atoms with van der Waals surface area (Å²) in [6, 6.07) is 16.9. The van der Waals surface area contributed by atoms with Crippen LogP contribution >= 0.6 is 11.6 Å². The maximum absolute atomic E-state index is 13.1.